The summed E-state index contributed by atoms with van der Waals surface area (Å²) in [6, 6.07) is 6.71. The molecule has 0 heterocycles. The lowest BCUT2D eigenvalue weighted by atomic mass is 9.65. The smallest absolute Gasteiger partial charge is 0.309 e. The molecule has 2 rings (SSSR count). The molecular formula is C18H23NO4. The Balaban J connectivity index is 2.15. The van der Waals surface area contributed by atoms with Gasteiger partial charge in [-0.2, -0.15) is 0 Å². The molecule has 1 aliphatic carbocycles. The molecule has 0 radical (unpaired) electrons. The molecule has 1 fully saturated rings. The fraction of sp³-hybridized carbons (Fsp3) is 0.500. The van der Waals surface area contributed by atoms with E-state index in [1.165, 1.54) is 6.92 Å². The van der Waals surface area contributed by atoms with Crippen molar-refractivity contribution in [3.8, 4) is 0 Å². The number of carboxylic acid groups (broad SMARTS) is 1. The van der Waals surface area contributed by atoms with Crippen LogP contribution >= 0.6 is 0 Å². The van der Waals surface area contributed by atoms with Crippen molar-refractivity contribution in [2.45, 2.75) is 40.5 Å². The number of aliphatic carboxylic acids is 1. The fourth-order valence-electron chi connectivity index (χ4n) is 3.36. The number of rotatable bonds is 4. The minimum atomic E-state index is -0.909. The Morgan fingerprint density at radius 2 is 1.70 bits per heavy atom. The van der Waals surface area contributed by atoms with Gasteiger partial charge in [-0.1, -0.05) is 13.8 Å². The number of benzene rings is 1. The number of carbonyl (C=O) groups is 3. The summed E-state index contributed by atoms with van der Waals surface area (Å²) in [7, 11) is 0. The van der Waals surface area contributed by atoms with E-state index in [-0.39, 0.29) is 17.6 Å². The standard InChI is InChI=1S/C18H23NO4/c1-11(20)12-5-7-13(8-6-12)19-15(21)14-9-10-18(4,16(22)23)17(14,2)3/h5-8,14H,9-10H2,1-4H3,(H,19,21)(H,22,23)/t14-,18-/m1/s1. The molecule has 0 aromatic heterocycles. The van der Waals surface area contributed by atoms with Crippen molar-refractivity contribution in [3.05, 3.63) is 29.8 Å². The SMILES string of the molecule is CC(=O)c1ccc(NC(=O)[C@H]2CC[C@](C)(C(=O)O)C2(C)C)cc1. The zero-order chi connectivity index (χ0) is 17.4. The average Bonchev–Trinajstić information content (AvgIpc) is 2.71. The minimum absolute atomic E-state index is 0.0305. The van der Waals surface area contributed by atoms with Crippen molar-refractivity contribution in [1.82, 2.24) is 0 Å². The molecule has 1 aromatic carbocycles. The van der Waals surface area contributed by atoms with Gasteiger partial charge in [-0.3, -0.25) is 14.4 Å². The molecule has 1 aromatic rings. The van der Waals surface area contributed by atoms with Crippen LogP contribution < -0.4 is 5.32 Å². The van der Waals surface area contributed by atoms with Gasteiger partial charge in [-0.05, 0) is 56.4 Å². The van der Waals surface area contributed by atoms with E-state index in [0.717, 1.165) is 0 Å². The number of hydrogen-bond donors (Lipinski definition) is 2. The van der Waals surface area contributed by atoms with Crippen LogP contribution in [0.3, 0.4) is 0 Å². The molecule has 5 nitrogen and oxygen atoms in total. The highest BCUT2D eigenvalue weighted by atomic mass is 16.4. The average molecular weight is 317 g/mol. The van der Waals surface area contributed by atoms with Crippen LogP contribution in [0.4, 0.5) is 5.69 Å². The maximum Gasteiger partial charge on any atom is 0.309 e. The van der Waals surface area contributed by atoms with E-state index in [9.17, 15) is 19.5 Å². The zero-order valence-corrected chi connectivity index (χ0v) is 14.0. The summed E-state index contributed by atoms with van der Waals surface area (Å²) in [5, 5.41) is 12.4. The van der Waals surface area contributed by atoms with Crippen LogP contribution in [0.15, 0.2) is 24.3 Å². The van der Waals surface area contributed by atoms with E-state index in [4.69, 9.17) is 0 Å². The Labute approximate surface area is 136 Å². The second-order valence-electron chi connectivity index (χ2n) is 7.07. The molecule has 5 heteroatoms. The number of anilines is 1. The molecule has 2 N–H and O–H groups in total. The summed E-state index contributed by atoms with van der Waals surface area (Å²) in [5.41, 5.74) is -0.349. The lowest BCUT2D eigenvalue weighted by Crippen LogP contribution is -2.43. The van der Waals surface area contributed by atoms with Crippen LogP contribution in [-0.2, 0) is 9.59 Å². The summed E-state index contributed by atoms with van der Waals surface area (Å²) in [4.78, 5) is 35.5. The van der Waals surface area contributed by atoms with Gasteiger partial charge in [0.2, 0.25) is 5.91 Å². The van der Waals surface area contributed by atoms with Gasteiger partial charge >= 0.3 is 5.97 Å². The normalized spacial score (nSPS) is 25.8. The third-order valence-corrected chi connectivity index (χ3v) is 5.57. The highest BCUT2D eigenvalue weighted by molar-refractivity contribution is 5.96. The molecule has 0 spiro atoms. The van der Waals surface area contributed by atoms with Crippen LogP contribution in [0.25, 0.3) is 0 Å². The lowest BCUT2D eigenvalue weighted by molar-refractivity contribution is -0.154. The van der Waals surface area contributed by atoms with E-state index >= 15 is 0 Å². The van der Waals surface area contributed by atoms with Crippen molar-refractivity contribution < 1.29 is 19.5 Å². The second-order valence-corrected chi connectivity index (χ2v) is 7.07. The van der Waals surface area contributed by atoms with Gasteiger partial charge in [-0.15, -0.1) is 0 Å². The summed E-state index contributed by atoms with van der Waals surface area (Å²) in [6.07, 6.45) is 1.03. The highest BCUT2D eigenvalue weighted by Crippen LogP contribution is 2.56. The monoisotopic (exact) mass is 317 g/mol. The summed E-state index contributed by atoms with van der Waals surface area (Å²) >= 11 is 0. The zero-order valence-electron chi connectivity index (χ0n) is 14.0. The van der Waals surface area contributed by atoms with Gasteiger partial charge in [-0.25, -0.2) is 0 Å². The molecule has 124 valence electrons. The van der Waals surface area contributed by atoms with Crippen LogP contribution in [0.2, 0.25) is 0 Å². The minimum Gasteiger partial charge on any atom is -0.481 e. The molecule has 0 aliphatic heterocycles. The number of nitrogens with one attached hydrogen (secondary N) is 1. The van der Waals surface area contributed by atoms with Crippen molar-refractivity contribution in [2.75, 3.05) is 5.32 Å². The largest absolute Gasteiger partial charge is 0.481 e. The molecule has 23 heavy (non-hydrogen) atoms. The molecule has 0 saturated heterocycles. The maximum atomic E-state index is 12.6. The van der Waals surface area contributed by atoms with Crippen molar-refractivity contribution in [2.24, 2.45) is 16.7 Å². The first-order chi connectivity index (χ1) is 10.6. The van der Waals surface area contributed by atoms with Crippen molar-refractivity contribution >= 4 is 23.3 Å². The van der Waals surface area contributed by atoms with E-state index < -0.39 is 16.8 Å². The number of Topliss-reactive ketones (excluding diaryl/α,β-unsaturated/α-hetero) is 1. The van der Waals surface area contributed by atoms with E-state index in [1.54, 1.807) is 31.2 Å². The molecule has 1 aliphatic rings. The maximum absolute atomic E-state index is 12.6. The molecule has 2 atom stereocenters. The summed E-state index contributed by atoms with van der Waals surface area (Å²) < 4.78 is 0. The number of amides is 1. The topological polar surface area (TPSA) is 83.5 Å². The fourth-order valence-corrected chi connectivity index (χ4v) is 3.36. The van der Waals surface area contributed by atoms with Crippen LogP contribution in [0, 0.1) is 16.7 Å². The van der Waals surface area contributed by atoms with Gasteiger partial charge in [0, 0.05) is 17.2 Å². The first-order valence-corrected chi connectivity index (χ1v) is 7.75. The van der Waals surface area contributed by atoms with Gasteiger partial charge in [0.1, 0.15) is 0 Å². The van der Waals surface area contributed by atoms with Gasteiger partial charge < -0.3 is 10.4 Å². The number of carbonyl (C=O) groups excluding carboxylic acids is 2. The number of carboxylic acids is 1. The molecule has 1 amide bonds. The van der Waals surface area contributed by atoms with Crippen molar-refractivity contribution in [3.63, 3.8) is 0 Å². The third-order valence-electron chi connectivity index (χ3n) is 5.57. The molecule has 0 bridgehead atoms. The first kappa shape index (κ1) is 17.2. The van der Waals surface area contributed by atoms with E-state index in [0.29, 0.717) is 24.1 Å². The summed E-state index contributed by atoms with van der Waals surface area (Å²) in [6.45, 7) is 6.89. The predicted molar refractivity (Wildman–Crippen MR) is 87.3 cm³/mol. The number of hydrogen-bond acceptors (Lipinski definition) is 3. The molecule has 0 unspecified atom stereocenters. The Morgan fingerprint density at radius 3 is 2.13 bits per heavy atom. The first-order valence-electron chi connectivity index (χ1n) is 7.75. The third kappa shape index (κ3) is 2.87. The number of ketones is 1. The molecular weight excluding hydrogens is 294 g/mol. The predicted octanol–water partition coefficient (Wildman–Crippen LogP) is 3.35. The second kappa shape index (κ2) is 5.80. The lowest BCUT2D eigenvalue weighted by Gasteiger charge is -2.37. The highest BCUT2D eigenvalue weighted by Gasteiger charge is 2.58. The summed E-state index contributed by atoms with van der Waals surface area (Å²) in [5.74, 6) is -1.42. The van der Waals surface area contributed by atoms with Gasteiger partial charge in [0.15, 0.2) is 5.78 Å². The Morgan fingerprint density at radius 1 is 1.13 bits per heavy atom. The Kier molecular flexibility index (Phi) is 4.33. The quantitative estimate of drug-likeness (QED) is 0.834. The van der Waals surface area contributed by atoms with E-state index in [2.05, 4.69) is 5.32 Å². The Bertz CT molecular complexity index is 647. The van der Waals surface area contributed by atoms with E-state index in [1.807, 2.05) is 13.8 Å². The van der Waals surface area contributed by atoms with Crippen LogP contribution in [0.5, 0.6) is 0 Å². The van der Waals surface area contributed by atoms with Gasteiger partial charge in [0.25, 0.3) is 0 Å². The van der Waals surface area contributed by atoms with Gasteiger partial charge in [0.05, 0.1) is 5.41 Å². The molecule has 1 saturated carbocycles. The Hall–Kier alpha value is -2.17. The van der Waals surface area contributed by atoms with Crippen LogP contribution in [0.1, 0.15) is 50.9 Å². The van der Waals surface area contributed by atoms with Crippen molar-refractivity contribution in [1.29, 1.82) is 0 Å². The van der Waals surface area contributed by atoms with Crippen LogP contribution in [-0.4, -0.2) is 22.8 Å².